The van der Waals surface area contributed by atoms with Crippen LogP contribution < -0.4 is 34.0 Å². The second-order valence-electron chi connectivity index (χ2n) is 9.87. The number of likely N-dealkylation sites (N-methyl/N-ethyl adjacent to an activating group) is 2. The van der Waals surface area contributed by atoms with E-state index in [2.05, 4.69) is 27.7 Å². The van der Waals surface area contributed by atoms with Crippen LogP contribution in [-0.2, 0) is 0 Å². The van der Waals surface area contributed by atoms with E-state index in [-0.39, 0.29) is 58.7 Å². The zero-order chi connectivity index (χ0) is 26.6. The molecule has 0 saturated carbocycles. The number of halogens is 2. The van der Waals surface area contributed by atoms with Crippen molar-refractivity contribution in [3.05, 3.63) is 59.7 Å². The van der Waals surface area contributed by atoms with Gasteiger partial charge < -0.3 is 53.1 Å². The van der Waals surface area contributed by atoms with Crippen molar-refractivity contribution in [2.45, 2.75) is 40.5 Å². The minimum atomic E-state index is 0. The van der Waals surface area contributed by atoms with E-state index >= 15 is 0 Å². The fourth-order valence-electron chi connectivity index (χ4n) is 4.99. The van der Waals surface area contributed by atoms with Crippen LogP contribution in [0.15, 0.2) is 48.5 Å². The summed E-state index contributed by atoms with van der Waals surface area (Å²) in [6.07, 6.45) is 1.40. The van der Waals surface area contributed by atoms with E-state index in [0.717, 1.165) is 50.4 Å². The van der Waals surface area contributed by atoms with Gasteiger partial charge in [0.25, 0.3) is 0 Å². The first-order chi connectivity index (χ1) is 17.3. The highest BCUT2D eigenvalue weighted by Crippen LogP contribution is 2.22. The molecule has 0 aliphatic heterocycles. The van der Waals surface area contributed by atoms with Crippen molar-refractivity contribution in [2.24, 2.45) is 0 Å². The van der Waals surface area contributed by atoms with Gasteiger partial charge in [0.15, 0.2) is 0 Å². The van der Waals surface area contributed by atoms with Crippen molar-refractivity contribution in [2.75, 3.05) is 65.6 Å². The molecular weight excluding hydrogens is 612 g/mol. The first-order valence-electron chi connectivity index (χ1n) is 13.5. The highest BCUT2D eigenvalue weighted by Gasteiger charge is 2.28. The Morgan fingerprint density at radius 2 is 0.868 bits per heavy atom. The molecule has 8 heteroatoms. The van der Waals surface area contributed by atoms with Gasteiger partial charge in [0.05, 0.1) is 39.3 Å². The predicted octanol–water partition coefficient (Wildman–Crippen LogP) is -1.79. The van der Waals surface area contributed by atoms with E-state index in [9.17, 15) is 19.8 Å². The average molecular weight is 659 g/mol. The Balaban J connectivity index is 0.00000684. The molecule has 2 rings (SSSR count). The molecule has 2 N–H and O–H groups in total. The van der Waals surface area contributed by atoms with Crippen LogP contribution in [-0.4, -0.2) is 96.3 Å². The zero-order valence-electron chi connectivity index (χ0n) is 23.5. The van der Waals surface area contributed by atoms with Gasteiger partial charge in [0.1, 0.15) is 13.1 Å². The van der Waals surface area contributed by atoms with Crippen molar-refractivity contribution in [1.82, 2.24) is 0 Å². The van der Waals surface area contributed by atoms with Gasteiger partial charge in [0.2, 0.25) is 11.6 Å². The van der Waals surface area contributed by atoms with E-state index in [0.29, 0.717) is 46.0 Å². The third kappa shape index (κ3) is 9.96. The van der Waals surface area contributed by atoms with Crippen molar-refractivity contribution in [3.8, 4) is 11.1 Å². The molecular formula is C30H46Br2N2O4. The number of quaternary nitrogens is 2. The first kappa shape index (κ1) is 36.6. The minimum absolute atomic E-state index is 0. The lowest BCUT2D eigenvalue weighted by molar-refractivity contribution is -0.917. The van der Waals surface area contributed by atoms with Crippen LogP contribution in [0.1, 0.15) is 61.3 Å². The molecule has 214 valence electrons. The zero-order valence-corrected chi connectivity index (χ0v) is 26.6. The lowest BCUT2D eigenvalue weighted by Gasteiger charge is -2.36. The Morgan fingerprint density at radius 3 is 1.11 bits per heavy atom. The summed E-state index contributed by atoms with van der Waals surface area (Å²) in [5.41, 5.74) is 3.42. The molecule has 2 aromatic rings. The van der Waals surface area contributed by atoms with Gasteiger partial charge in [-0.15, -0.1) is 0 Å². The summed E-state index contributed by atoms with van der Waals surface area (Å²) >= 11 is 0. The van der Waals surface area contributed by atoms with Crippen molar-refractivity contribution < 1.29 is 62.7 Å². The molecule has 0 unspecified atom stereocenters. The highest BCUT2D eigenvalue weighted by molar-refractivity contribution is 5.98. The van der Waals surface area contributed by atoms with Gasteiger partial charge >= 0.3 is 0 Å². The van der Waals surface area contributed by atoms with Crippen molar-refractivity contribution in [3.63, 3.8) is 0 Å². The van der Waals surface area contributed by atoms with Crippen molar-refractivity contribution >= 4 is 11.6 Å². The Hall–Kier alpha value is -1.42. The number of carbonyl (C=O) groups excluding carboxylic acids is 2. The third-order valence-corrected chi connectivity index (χ3v) is 7.97. The lowest BCUT2D eigenvalue weighted by Crippen LogP contribution is -3.00. The van der Waals surface area contributed by atoms with E-state index in [1.165, 1.54) is 0 Å². The quantitative estimate of drug-likeness (QED) is 0.156. The molecule has 0 saturated heterocycles. The number of ketones is 2. The van der Waals surface area contributed by atoms with Gasteiger partial charge in [-0.1, -0.05) is 48.5 Å². The molecule has 0 amide bonds. The standard InChI is InChI=1S/C30H46N2O4.2BrH/c1-5-31(6-2,19-9-21-33)23-29(35)27-15-11-25(12-16-27)26-13-17-28(18-14-26)30(36)24-32(7-3,8-4)20-10-22-34;;/h11-18,33-34H,5-10,19-24H2,1-4H3;2*1H/q+2;;/p-2. The summed E-state index contributed by atoms with van der Waals surface area (Å²) in [7, 11) is 0. The van der Waals surface area contributed by atoms with Gasteiger partial charge in [-0.3, -0.25) is 9.59 Å². The smallest absolute Gasteiger partial charge is 0.216 e. The largest absolute Gasteiger partial charge is 1.00 e. The Labute approximate surface area is 250 Å². The molecule has 0 aliphatic carbocycles. The second-order valence-corrected chi connectivity index (χ2v) is 9.87. The van der Waals surface area contributed by atoms with Gasteiger partial charge in [-0.05, 0) is 38.8 Å². The van der Waals surface area contributed by atoms with Gasteiger partial charge in [-0.25, -0.2) is 0 Å². The van der Waals surface area contributed by atoms with Crippen LogP contribution in [0.5, 0.6) is 0 Å². The molecule has 0 spiro atoms. The predicted molar refractivity (Wildman–Crippen MR) is 146 cm³/mol. The number of rotatable bonds is 17. The van der Waals surface area contributed by atoms with Crippen LogP contribution in [0.3, 0.4) is 0 Å². The maximum absolute atomic E-state index is 13.0. The Bertz CT molecular complexity index is 878. The number of hydrogen-bond acceptors (Lipinski definition) is 4. The topological polar surface area (TPSA) is 74.6 Å². The highest BCUT2D eigenvalue weighted by atomic mass is 79.9. The molecule has 2 aromatic carbocycles. The Morgan fingerprint density at radius 1 is 0.579 bits per heavy atom. The SMILES string of the molecule is CC[N+](CC)(CCCO)CC(=O)c1ccc(-c2ccc(C(=O)C[N+](CC)(CC)CCCO)cc2)cc1.[Br-].[Br-]. The number of Topliss-reactive ketones (excluding diaryl/α,β-unsaturated/α-hetero) is 2. The van der Waals surface area contributed by atoms with E-state index in [1.54, 1.807) is 0 Å². The first-order valence-corrected chi connectivity index (χ1v) is 13.5. The summed E-state index contributed by atoms with van der Waals surface area (Å²) in [5, 5.41) is 18.5. The number of hydrogen-bond donors (Lipinski definition) is 2. The van der Waals surface area contributed by atoms with Crippen LogP contribution in [0.4, 0.5) is 0 Å². The molecule has 38 heavy (non-hydrogen) atoms. The van der Waals surface area contributed by atoms with Gasteiger partial charge in [0, 0.05) is 37.2 Å². The minimum Gasteiger partial charge on any atom is -1.00 e. The molecule has 0 aromatic heterocycles. The fourth-order valence-corrected chi connectivity index (χ4v) is 4.99. The van der Waals surface area contributed by atoms with Crippen LogP contribution in [0.25, 0.3) is 11.1 Å². The molecule has 0 atom stereocenters. The average Bonchev–Trinajstić information content (AvgIpc) is 2.93. The fraction of sp³-hybridized carbons (Fsp3) is 0.533. The normalized spacial score (nSPS) is 11.4. The molecule has 0 radical (unpaired) electrons. The number of aliphatic hydroxyl groups excluding tert-OH is 2. The van der Waals surface area contributed by atoms with Crippen molar-refractivity contribution in [1.29, 1.82) is 0 Å². The molecule has 0 aliphatic rings. The molecule has 0 bridgehead atoms. The van der Waals surface area contributed by atoms with E-state index < -0.39 is 0 Å². The summed E-state index contributed by atoms with van der Waals surface area (Å²) in [4.78, 5) is 26.0. The number of aliphatic hydroxyl groups is 2. The molecule has 0 fully saturated rings. The summed E-state index contributed by atoms with van der Waals surface area (Å²) < 4.78 is 1.37. The number of nitrogens with zero attached hydrogens (tertiary/aromatic N) is 2. The Kier molecular flexibility index (Phi) is 17.4. The van der Waals surface area contributed by atoms with Gasteiger partial charge in [-0.2, -0.15) is 0 Å². The second kappa shape index (κ2) is 18.0. The van der Waals surface area contributed by atoms with Crippen LogP contribution in [0, 0.1) is 0 Å². The number of benzene rings is 2. The van der Waals surface area contributed by atoms with E-state index in [4.69, 9.17) is 0 Å². The molecule has 6 nitrogen and oxygen atoms in total. The summed E-state index contributed by atoms with van der Waals surface area (Å²) in [6.45, 7) is 14.6. The summed E-state index contributed by atoms with van der Waals surface area (Å²) in [5.74, 6) is 0.248. The maximum atomic E-state index is 13.0. The lowest BCUT2D eigenvalue weighted by atomic mass is 9.99. The van der Waals surface area contributed by atoms with Crippen LogP contribution >= 0.6 is 0 Å². The number of carbonyl (C=O) groups is 2. The molecule has 0 heterocycles. The monoisotopic (exact) mass is 656 g/mol. The summed E-state index contributed by atoms with van der Waals surface area (Å²) in [6, 6.07) is 15.4. The third-order valence-electron chi connectivity index (χ3n) is 7.97. The van der Waals surface area contributed by atoms with Crippen LogP contribution in [0.2, 0.25) is 0 Å². The van der Waals surface area contributed by atoms with E-state index in [1.807, 2.05) is 48.5 Å². The maximum Gasteiger partial charge on any atom is 0.216 e.